The van der Waals surface area contributed by atoms with E-state index in [-0.39, 0.29) is 17.6 Å². The quantitative estimate of drug-likeness (QED) is 0.305. The van der Waals surface area contributed by atoms with Crippen molar-refractivity contribution < 1.29 is 14.6 Å². The molecule has 1 aliphatic heterocycles. The Morgan fingerprint density at radius 3 is 2.49 bits per heavy atom. The molecule has 1 saturated heterocycles. The molecule has 2 atom stereocenters. The Hall–Kier alpha value is -4.17. The third kappa shape index (κ3) is 4.44. The topological polar surface area (TPSA) is 79.6 Å². The van der Waals surface area contributed by atoms with Gasteiger partial charge in [0.15, 0.2) is 5.11 Å². The van der Waals surface area contributed by atoms with Crippen LogP contribution in [0.2, 0.25) is 0 Å². The maximum atomic E-state index is 12.0. The molecule has 37 heavy (non-hydrogen) atoms. The van der Waals surface area contributed by atoms with Crippen molar-refractivity contribution in [3.05, 3.63) is 107 Å². The maximum absolute atomic E-state index is 12.0. The van der Waals surface area contributed by atoms with Crippen molar-refractivity contribution in [3.8, 4) is 11.4 Å². The Morgan fingerprint density at radius 1 is 1.08 bits per heavy atom. The molecular weight excluding hydrogens is 484 g/mol. The number of carboxylic acids is 1. The molecule has 0 amide bonds. The highest BCUT2D eigenvalue weighted by molar-refractivity contribution is 7.80. The molecule has 188 valence electrons. The fourth-order valence-corrected chi connectivity index (χ4v) is 5.47. The maximum Gasteiger partial charge on any atom is 0.337 e. The summed E-state index contributed by atoms with van der Waals surface area (Å²) < 4.78 is 7.65. The molecule has 0 aliphatic carbocycles. The van der Waals surface area contributed by atoms with Crippen molar-refractivity contribution in [1.29, 1.82) is 0 Å². The van der Waals surface area contributed by atoms with Crippen molar-refractivity contribution in [2.75, 3.05) is 11.5 Å². The van der Waals surface area contributed by atoms with Crippen LogP contribution in [-0.4, -0.2) is 32.3 Å². The van der Waals surface area contributed by atoms with E-state index in [1.165, 1.54) is 0 Å². The first-order chi connectivity index (χ1) is 17.9. The summed E-state index contributed by atoms with van der Waals surface area (Å²) in [6.45, 7) is 6.57. The van der Waals surface area contributed by atoms with Crippen molar-refractivity contribution in [3.63, 3.8) is 0 Å². The van der Waals surface area contributed by atoms with Gasteiger partial charge in [0, 0.05) is 23.3 Å². The number of thiocarbonyl (C=S) groups is 1. The summed E-state index contributed by atoms with van der Waals surface area (Å²) in [6, 6.07) is 22.5. The number of aromatic carboxylic acids is 1. The lowest BCUT2D eigenvalue weighted by Gasteiger charge is -2.28. The summed E-state index contributed by atoms with van der Waals surface area (Å²) >= 11 is 5.86. The van der Waals surface area contributed by atoms with E-state index in [0.717, 1.165) is 34.1 Å². The average Bonchev–Trinajstić information content (AvgIpc) is 3.40. The number of carbonyl (C=O) groups is 1. The van der Waals surface area contributed by atoms with Gasteiger partial charge in [-0.15, -0.1) is 0 Å². The first-order valence-corrected chi connectivity index (χ1v) is 12.6. The Labute approximate surface area is 221 Å². The molecule has 5 rings (SSSR count). The first kappa shape index (κ1) is 24.5. The fraction of sp³-hybridized carbons (Fsp3) is 0.207. The Balaban J connectivity index is 1.67. The number of hydrogen-bond donors (Lipinski definition) is 2. The second-order valence-electron chi connectivity index (χ2n) is 8.91. The van der Waals surface area contributed by atoms with Crippen LogP contribution in [0.1, 0.15) is 52.0 Å². The van der Waals surface area contributed by atoms with E-state index >= 15 is 0 Å². The lowest BCUT2D eigenvalue weighted by Crippen LogP contribution is -2.29. The molecule has 4 aromatic rings. The highest BCUT2D eigenvalue weighted by Crippen LogP contribution is 2.44. The van der Waals surface area contributed by atoms with Gasteiger partial charge in [0.05, 0.1) is 35.6 Å². The van der Waals surface area contributed by atoms with Gasteiger partial charge in [-0.3, -0.25) is 4.98 Å². The normalized spacial score (nSPS) is 17.1. The van der Waals surface area contributed by atoms with Crippen molar-refractivity contribution in [2.24, 2.45) is 0 Å². The van der Waals surface area contributed by atoms with Crippen LogP contribution in [-0.2, 0) is 0 Å². The molecular formula is C29H28N4O3S. The monoisotopic (exact) mass is 512 g/mol. The van der Waals surface area contributed by atoms with Gasteiger partial charge in [-0.1, -0.05) is 18.2 Å². The number of nitrogens with zero attached hydrogens (tertiary/aromatic N) is 3. The highest BCUT2D eigenvalue weighted by Gasteiger charge is 2.42. The van der Waals surface area contributed by atoms with E-state index in [1.54, 1.807) is 18.3 Å². The predicted octanol–water partition coefficient (Wildman–Crippen LogP) is 5.76. The van der Waals surface area contributed by atoms with Gasteiger partial charge in [0.1, 0.15) is 5.75 Å². The number of nitrogens with one attached hydrogen (secondary N) is 1. The third-order valence-electron chi connectivity index (χ3n) is 6.69. The summed E-state index contributed by atoms with van der Waals surface area (Å²) in [6.07, 6.45) is 1.78. The van der Waals surface area contributed by atoms with Crippen molar-refractivity contribution >= 4 is 29.0 Å². The second kappa shape index (κ2) is 10.1. The smallest absolute Gasteiger partial charge is 0.337 e. The van der Waals surface area contributed by atoms with Gasteiger partial charge in [-0.25, -0.2) is 4.79 Å². The second-order valence-corrected chi connectivity index (χ2v) is 9.29. The van der Waals surface area contributed by atoms with E-state index in [4.69, 9.17) is 17.0 Å². The molecule has 2 aromatic heterocycles. The zero-order chi connectivity index (χ0) is 26.1. The summed E-state index contributed by atoms with van der Waals surface area (Å²) in [5.41, 5.74) is 5.60. The van der Waals surface area contributed by atoms with Gasteiger partial charge in [0.2, 0.25) is 0 Å². The number of aromatic nitrogens is 2. The van der Waals surface area contributed by atoms with Crippen LogP contribution < -0.4 is 15.0 Å². The number of para-hydroxylation sites is 1. The van der Waals surface area contributed by atoms with Gasteiger partial charge in [-0.2, -0.15) is 0 Å². The van der Waals surface area contributed by atoms with Crippen molar-refractivity contribution in [1.82, 2.24) is 14.9 Å². The summed E-state index contributed by atoms with van der Waals surface area (Å²) in [7, 11) is 0. The fourth-order valence-electron chi connectivity index (χ4n) is 5.13. The number of benzene rings is 2. The number of aryl methyl sites for hydroxylation is 1. The van der Waals surface area contributed by atoms with Crippen LogP contribution in [0, 0.1) is 13.8 Å². The number of ether oxygens (including phenoxy) is 1. The van der Waals surface area contributed by atoms with Gasteiger partial charge in [0.25, 0.3) is 0 Å². The summed E-state index contributed by atoms with van der Waals surface area (Å²) in [5, 5.41) is 13.9. The van der Waals surface area contributed by atoms with E-state index in [1.807, 2.05) is 79.9 Å². The number of rotatable bonds is 7. The molecule has 0 unspecified atom stereocenters. The molecule has 0 spiro atoms. The Morgan fingerprint density at radius 2 is 1.81 bits per heavy atom. The Bertz CT molecular complexity index is 1450. The minimum absolute atomic E-state index is 0.205. The van der Waals surface area contributed by atoms with E-state index in [9.17, 15) is 9.90 Å². The lowest BCUT2D eigenvalue weighted by molar-refractivity contribution is 0.0697. The Kier molecular flexibility index (Phi) is 6.67. The largest absolute Gasteiger partial charge is 0.494 e. The van der Waals surface area contributed by atoms with Crippen LogP contribution in [0.4, 0.5) is 5.69 Å². The van der Waals surface area contributed by atoms with Crippen molar-refractivity contribution in [2.45, 2.75) is 32.9 Å². The van der Waals surface area contributed by atoms with E-state index < -0.39 is 5.97 Å². The molecule has 1 aliphatic rings. The molecule has 8 heteroatoms. The molecule has 0 saturated carbocycles. The molecule has 3 heterocycles. The number of pyridine rings is 1. The van der Waals surface area contributed by atoms with Crippen LogP contribution in [0.5, 0.6) is 5.75 Å². The molecule has 2 aromatic carbocycles. The third-order valence-corrected chi connectivity index (χ3v) is 7.00. The van der Waals surface area contributed by atoms with Crippen LogP contribution in [0.15, 0.2) is 79.0 Å². The summed E-state index contributed by atoms with van der Waals surface area (Å²) in [5.74, 6) is -0.165. The van der Waals surface area contributed by atoms with E-state index in [0.29, 0.717) is 17.4 Å². The zero-order valence-electron chi connectivity index (χ0n) is 20.9. The molecule has 2 N–H and O–H groups in total. The molecule has 1 fully saturated rings. The molecule has 7 nitrogen and oxygen atoms in total. The van der Waals surface area contributed by atoms with Crippen LogP contribution in [0.3, 0.4) is 0 Å². The average molecular weight is 513 g/mol. The lowest BCUT2D eigenvalue weighted by atomic mass is 9.96. The predicted molar refractivity (Wildman–Crippen MR) is 148 cm³/mol. The van der Waals surface area contributed by atoms with Crippen LogP contribution in [0.25, 0.3) is 5.69 Å². The minimum atomic E-state index is -0.962. The minimum Gasteiger partial charge on any atom is -0.494 e. The SMILES string of the molecule is CCOc1ccc(N2C(=S)N[C@@H](c3ccccn3)[C@@H]2c2cc(C)n(-c3ccccc3C(=O)O)c2C)cc1. The first-order valence-electron chi connectivity index (χ1n) is 12.2. The highest BCUT2D eigenvalue weighted by atomic mass is 32.1. The zero-order valence-corrected chi connectivity index (χ0v) is 21.7. The van der Waals surface area contributed by atoms with Gasteiger partial charge in [-0.05, 0) is 93.1 Å². The number of anilines is 1. The number of hydrogen-bond acceptors (Lipinski definition) is 4. The summed E-state index contributed by atoms with van der Waals surface area (Å²) in [4.78, 5) is 18.8. The van der Waals surface area contributed by atoms with E-state index in [2.05, 4.69) is 21.3 Å². The molecule has 0 radical (unpaired) electrons. The number of carboxylic acid groups (broad SMARTS) is 1. The standard InChI is InChI=1S/C29H28N4O3S/c1-4-36-21-14-12-20(13-15-21)33-27(26(31-29(33)37)24-10-7-8-16-30-24)23-17-18(2)32(19(23)3)25-11-6-5-9-22(25)28(34)35/h5-17,26-27H,4H2,1-3H3,(H,31,37)(H,34,35)/t26-,27-/m0/s1. The van der Waals surface area contributed by atoms with Gasteiger partial charge < -0.3 is 24.6 Å². The van der Waals surface area contributed by atoms with Gasteiger partial charge >= 0.3 is 5.97 Å². The van der Waals surface area contributed by atoms with Crippen LogP contribution >= 0.6 is 12.2 Å². The molecule has 0 bridgehead atoms.